The van der Waals surface area contributed by atoms with Gasteiger partial charge < -0.3 is 0 Å². The maximum atomic E-state index is 4.89. The van der Waals surface area contributed by atoms with Gasteiger partial charge in [-0.2, -0.15) is 11.8 Å². The summed E-state index contributed by atoms with van der Waals surface area (Å²) in [6.45, 7) is 0. The molecule has 1 unspecified atom stereocenters. The van der Waals surface area contributed by atoms with Gasteiger partial charge in [0.05, 0.1) is 0 Å². The van der Waals surface area contributed by atoms with Crippen molar-refractivity contribution in [3.8, 4) is 5.00 Å². The van der Waals surface area contributed by atoms with Crippen molar-refractivity contribution in [2.45, 2.75) is 18.8 Å². The van der Waals surface area contributed by atoms with Crippen molar-refractivity contribution in [2.24, 2.45) is 0 Å². The normalized spacial score (nSPS) is 19.5. The van der Waals surface area contributed by atoms with Crippen LogP contribution in [-0.2, 0) is 0 Å². The van der Waals surface area contributed by atoms with Gasteiger partial charge in [0, 0.05) is 17.9 Å². The predicted molar refractivity (Wildman–Crippen MR) is 86.0 cm³/mol. The van der Waals surface area contributed by atoms with Gasteiger partial charge in [0.15, 0.2) is 5.65 Å². The lowest BCUT2D eigenvalue weighted by molar-refractivity contribution is 0.618. The number of hydrogen-bond acceptors (Lipinski definition) is 4. The van der Waals surface area contributed by atoms with E-state index in [1.54, 1.807) is 11.3 Å². The average Bonchev–Trinajstić information content (AvgIpc) is 3.14. The molecule has 0 spiro atoms. The van der Waals surface area contributed by atoms with Crippen LogP contribution in [0.2, 0.25) is 0 Å². The largest absolute Gasteiger partial charge is 0.271 e. The Hall–Kier alpha value is -1.33. The van der Waals surface area contributed by atoms with E-state index in [-0.39, 0.29) is 0 Å². The van der Waals surface area contributed by atoms with E-state index in [4.69, 9.17) is 4.98 Å². The summed E-state index contributed by atoms with van der Waals surface area (Å²) in [5.41, 5.74) is 1.99. The molecule has 0 saturated carbocycles. The van der Waals surface area contributed by atoms with E-state index in [9.17, 15) is 0 Å². The van der Waals surface area contributed by atoms with Crippen LogP contribution in [0.15, 0.2) is 35.8 Å². The van der Waals surface area contributed by atoms with Gasteiger partial charge in [0.2, 0.25) is 0 Å². The van der Waals surface area contributed by atoms with Crippen molar-refractivity contribution >= 4 is 34.3 Å². The monoisotopic (exact) mass is 301 g/mol. The third-order valence-electron chi connectivity index (χ3n) is 3.69. The average molecular weight is 301 g/mol. The molecule has 5 heteroatoms. The number of aromatic nitrogens is 3. The van der Waals surface area contributed by atoms with E-state index in [1.807, 2.05) is 24.0 Å². The predicted octanol–water partition coefficient (Wildman–Crippen LogP) is 4.09. The van der Waals surface area contributed by atoms with Gasteiger partial charge in [-0.1, -0.05) is 0 Å². The first-order valence-corrected chi connectivity index (χ1v) is 8.92. The Morgan fingerprint density at radius 2 is 2.25 bits per heavy atom. The molecule has 0 aliphatic carbocycles. The molecule has 3 nitrogen and oxygen atoms in total. The molecule has 1 atom stereocenters. The third-order valence-corrected chi connectivity index (χ3v) is 5.76. The van der Waals surface area contributed by atoms with Crippen molar-refractivity contribution in [1.29, 1.82) is 0 Å². The SMILES string of the molecule is c1csc(-n2c(C3CCCSC3)nc3cccnc32)c1. The van der Waals surface area contributed by atoms with Gasteiger partial charge in [-0.3, -0.25) is 4.57 Å². The number of fused-ring (bicyclic) bond motifs is 1. The summed E-state index contributed by atoms with van der Waals surface area (Å²) in [5, 5.41) is 3.33. The summed E-state index contributed by atoms with van der Waals surface area (Å²) in [7, 11) is 0. The fourth-order valence-corrected chi connectivity index (χ4v) is 4.64. The first-order chi connectivity index (χ1) is 9.93. The quantitative estimate of drug-likeness (QED) is 0.714. The van der Waals surface area contributed by atoms with Crippen LogP contribution in [0.25, 0.3) is 16.2 Å². The molecular weight excluding hydrogens is 286 g/mol. The van der Waals surface area contributed by atoms with E-state index < -0.39 is 0 Å². The van der Waals surface area contributed by atoms with E-state index in [0.29, 0.717) is 5.92 Å². The highest BCUT2D eigenvalue weighted by Crippen LogP contribution is 2.34. The molecule has 4 heterocycles. The molecule has 0 aromatic carbocycles. The zero-order valence-electron chi connectivity index (χ0n) is 11.0. The Morgan fingerprint density at radius 1 is 1.25 bits per heavy atom. The molecule has 102 valence electrons. The van der Waals surface area contributed by atoms with Crippen LogP contribution in [0.5, 0.6) is 0 Å². The molecule has 1 aliphatic heterocycles. The van der Waals surface area contributed by atoms with Crippen LogP contribution >= 0.6 is 23.1 Å². The molecule has 20 heavy (non-hydrogen) atoms. The minimum atomic E-state index is 0.546. The summed E-state index contributed by atoms with van der Waals surface area (Å²) < 4.78 is 2.26. The van der Waals surface area contributed by atoms with Gasteiger partial charge in [-0.15, -0.1) is 11.3 Å². The van der Waals surface area contributed by atoms with Crippen LogP contribution in [0.1, 0.15) is 24.6 Å². The van der Waals surface area contributed by atoms with Gasteiger partial charge >= 0.3 is 0 Å². The molecule has 3 aromatic rings. The Kier molecular flexibility index (Phi) is 3.24. The number of imidazole rings is 1. The van der Waals surface area contributed by atoms with Gasteiger partial charge in [0.25, 0.3) is 0 Å². The first kappa shape index (κ1) is 12.4. The highest BCUT2D eigenvalue weighted by atomic mass is 32.2. The van der Waals surface area contributed by atoms with Gasteiger partial charge in [0.1, 0.15) is 16.3 Å². The van der Waals surface area contributed by atoms with Crippen LogP contribution < -0.4 is 0 Å². The Morgan fingerprint density at radius 3 is 3.05 bits per heavy atom. The number of pyridine rings is 1. The molecular formula is C15H15N3S2. The Labute approximate surface area is 126 Å². The lowest BCUT2D eigenvalue weighted by atomic mass is 10.0. The van der Waals surface area contributed by atoms with Crippen LogP contribution in [-0.4, -0.2) is 26.0 Å². The topological polar surface area (TPSA) is 30.7 Å². The fourth-order valence-electron chi connectivity index (χ4n) is 2.76. The standard InChI is InChI=1S/C15H15N3S2/c1-5-12-15(16-7-1)18(13-6-3-9-20-13)14(17-12)11-4-2-8-19-10-11/h1,3,5-7,9,11H,2,4,8,10H2. The van der Waals surface area contributed by atoms with Crippen molar-refractivity contribution in [3.05, 3.63) is 41.7 Å². The molecule has 0 bridgehead atoms. The smallest absolute Gasteiger partial charge is 0.165 e. The summed E-state index contributed by atoms with van der Waals surface area (Å²) in [6, 6.07) is 8.27. The maximum Gasteiger partial charge on any atom is 0.165 e. The molecule has 3 aromatic heterocycles. The first-order valence-electron chi connectivity index (χ1n) is 6.88. The number of thioether (sulfide) groups is 1. The van der Waals surface area contributed by atoms with E-state index >= 15 is 0 Å². The lowest BCUT2D eigenvalue weighted by Crippen LogP contribution is -2.13. The summed E-state index contributed by atoms with van der Waals surface area (Å²) in [5.74, 6) is 4.20. The molecule has 0 radical (unpaired) electrons. The van der Waals surface area contributed by atoms with Crippen molar-refractivity contribution < 1.29 is 0 Å². The minimum absolute atomic E-state index is 0.546. The maximum absolute atomic E-state index is 4.89. The fraction of sp³-hybridized carbons (Fsp3) is 0.333. The number of nitrogens with zero attached hydrogens (tertiary/aromatic N) is 3. The number of hydrogen-bond donors (Lipinski definition) is 0. The van der Waals surface area contributed by atoms with Gasteiger partial charge in [-0.05, 0) is 48.2 Å². The highest BCUT2D eigenvalue weighted by molar-refractivity contribution is 7.99. The van der Waals surface area contributed by atoms with Crippen LogP contribution in [0.4, 0.5) is 0 Å². The number of thiophene rings is 1. The van der Waals surface area contributed by atoms with E-state index in [2.05, 4.69) is 33.1 Å². The number of rotatable bonds is 2. The summed E-state index contributed by atoms with van der Waals surface area (Å²) in [6.07, 6.45) is 4.38. The van der Waals surface area contributed by atoms with Crippen molar-refractivity contribution in [2.75, 3.05) is 11.5 Å². The van der Waals surface area contributed by atoms with Crippen LogP contribution in [0, 0.1) is 0 Å². The second-order valence-electron chi connectivity index (χ2n) is 5.02. The lowest BCUT2D eigenvalue weighted by Gasteiger charge is -2.21. The van der Waals surface area contributed by atoms with E-state index in [1.165, 1.54) is 35.2 Å². The molecule has 0 N–H and O–H groups in total. The van der Waals surface area contributed by atoms with Crippen molar-refractivity contribution in [3.63, 3.8) is 0 Å². The second kappa shape index (κ2) is 5.22. The Balaban J connectivity index is 1.92. The van der Waals surface area contributed by atoms with Crippen molar-refractivity contribution in [1.82, 2.24) is 14.5 Å². The molecule has 1 aliphatic rings. The van der Waals surface area contributed by atoms with Crippen LogP contribution in [0.3, 0.4) is 0 Å². The zero-order valence-corrected chi connectivity index (χ0v) is 12.7. The van der Waals surface area contributed by atoms with E-state index in [0.717, 1.165) is 11.2 Å². The molecule has 1 saturated heterocycles. The molecule has 0 amide bonds. The van der Waals surface area contributed by atoms with Gasteiger partial charge in [-0.25, -0.2) is 9.97 Å². The second-order valence-corrected chi connectivity index (χ2v) is 7.09. The highest BCUT2D eigenvalue weighted by Gasteiger charge is 2.24. The third kappa shape index (κ3) is 2.05. The Bertz CT molecular complexity index is 712. The molecule has 4 rings (SSSR count). The summed E-state index contributed by atoms with van der Waals surface area (Å²) >= 11 is 3.79. The zero-order chi connectivity index (χ0) is 13.4. The minimum Gasteiger partial charge on any atom is -0.271 e. The summed E-state index contributed by atoms with van der Waals surface area (Å²) in [4.78, 5) is 9.44. The molecule has 1 fully saturated rings.